The summed E-state index contributed by atoms with van der Waals surface area (Å²) in [5.74, 6) is -2.37. The highest BCUT2D eigenvalue weighted by atomic mass is 16.6. The van der Waals surface area contributed by atoms with Crippen LogP contribution in [-0.4, -0.2) is 30.1 Å². The molecule has 1 aromatic carbocycles. The lowest BCUT2D eigenvalue weighted by atomic mass is 9.67. The summed E-state index contributed by atoms with van der Waals surface area (Å²) in [4.78, 5) is 39.9. The molecule has 1 aromatic rings. The fraction of sp³-hybridized carbons (Fsp3) is 0.435. The molecule has 2 heterocycles. The fourth-order valence-corrected chi connectivity index (χ4v) is 3.84. The minimum Gasteiger partial charge on any atom is -0.462 e. The first kappa shape index (κ1) is 22.4. The van der Waals surface area contributed by atoms with Gasteiger partial charge in [-0.2, -0.15) is 0 Å². The molecule has 0 aromatic heterocycles. The average molecular weight is 428 g/mol. The monoisotopic (exact) mass is 428 g/mol. The van der Waals surface area contributed by atoms with Gasteiger partial charge >= 0.3 is 17.9 Å². The van der Waals surface area contributed by atoms with Crippen molar-refractivity contribution in [3.05, 3.63) is 52.6 Å². The van der Waals surface area contributed by atoms with Crippen LogP contribution in [0.5, 0.6) is 0 Å². The first-order valence-electron chi connectivity index (χ1n) is 10.2. The van der Waals surface area contributed by atoms with Crippen LogP contribution in [0.4, 0.5) is 5.69 Å². The van der Waals surface area contributed by atoms with E-state index in [0.717, 1.165) is 6.42 Å². The van der Waals surface area contributed by atoms with E-state index in [1.165, 1.54) is 6.92 Å². The van der Waals surface area contributed by atoms with E-state index in [1.807, 2.05) is 6.92 Å². The third-order valence-corrected chi connectivity index (χ3v) is 5.06. The molecule has 0 saturated carbocycles. The Balaban J connectivity index is 2.26. The topological polar surface area (TPSA) is 117 Å². The number of unbranched alkanes of at least 4 members (excludes halogenated alkanes) is 1. The molecule has 0 fully saturated rings. The highest BCUT2D eigenvalue weighted by molar-refractivity contribution is 6.16. The summed E-state index contributed by atoms with van der Waals surface area (Å²) in [6, 6.07) is 6.81. The number of hydrogen-bond acceptors (Lipinski definition) is 8. The number of anilines is 1. The Morgan fingerprint density at radius 2 is 1.84 bits per heavy atom. The van der Waals surface area contributed by atoms with E-state index in [0.29, 0.717) is 17.7 Å². The number of esters is 3. The second-order valence-electron chi connectivity index (χ2n) is 8.52. The molecule has 3 rings (SSSR count). The smallest absolute Gasteiger partial charge is 0.339 e. The molecular formula is C23H28N2O6. The summed E-state index contributed by atoms with van der Waals surface area (Å²) in [5.41, 5.74) is 4.12. The Kier molecular flexibility index (Phi) is 5.85. The van der Waals surface area contributed by atoms with Crippen LogP contribution in [0.15, 0.2) is 47.0 Å². The molecule has 1 unspecified atom stereocenters. The number of carbonyl (C=O) groups excluding carboxylic acids is 3. The number of ether oxygens (including phenoxy) is 3. The lowest BCUT2D eigenvalue weighted by molar-refractivity contribution is -0.152. The van der Waals surface area contributed by atoms with Gasteiger partial charge in [0.2, 0.25) is 0 Å². The van der Waals surface area contributed by atoms with Crippen molar-refractivity contribution in [1.82, 2.24) is 0 Å². The number of fused-ring (bicyclic) bond motifs is 2. The number of carbonyl (C=O) groups is 3. The molecule has 3 N–H and O–H groups in total. The van der Waals surface area contributed by atoms with E-state index in [-0.39, 0.29) is 29.3 Å². The minimum absolute atomic E-state index is 0.0580. The van der Waals surface area contributed by atoms with Crippen LogP contribution < -0.4 is 11.1 Å². The Hall–Kier alpha value is -3.29. The van der Waals surface area contributed by atoms with E-state index in [9.17, 15) is 14.4 Å². The summed E-state index contributed by atoms with van der Waals surface area (Å²) >= 11 is 0. The number of allylic oxidation sites excluding steroid dienone is 1. The number of para-hydroxylation sites is 1. The summed E-state index contributed by atoms with van der Waals surface area (Å²) in [7, 11) is 0. The molecule has 0 saturated heterocycles. The SMILES string of the molecule is CCCCOC(=O)C1=C(N)Nc2ccccc2C12C(=O)OC(C)=C2C(=O)OC(C)(C)C. The zero-order chi connectivity index (χ0) is 23.0. The van der Waals surface area contributed by atoms with Crippen molar-refractivity contribution in [2.24, 2.45) is 5.73 Å². The third-order valence-electron chi connectivity index (χ3n) is 5.06. The van der Waals surface area contributed by atoms with Crippen LogP contribution in [-0.2, 0) is 34.0 Å². The molecule has 8 heteroatoms. The Morgan fingerprint density at radius 3 is 2.48 bits per heavy atom. The van der Waals surface area contributed by atoms with Gasteiger partial charge in [-0.1, -0.05) is 31.5 Å². The maximum atomic E-state index is 13.4. The van der Waals surface area contributed by atoms with Gasteiger partial charge in [0.05, 0.1) is 6.61 Å². The molecular weight excluding hydrogens is 400 g/mol. The van der Waals surface area contributed by atoms with Gasteiger partial charge in [-0.15, -0.1) is 0 Å². The van der Waals surface area contributed by atoms with Gasteiger partial charge in [-0.05, 0) is 40.2 Å². The van der Waals surface area contributed by atoms with Gasteiger partial charge in [-0.3, -0.25) is 0 Å². The maximum absolute atomic E-state index is 13.4. The van der Waals surface area contributed by atoms with Gasteiger partial charge in [0.15, 0.2) is 5.41 Å². The van der Waals surface area contributed by atoms with E-state index < -0.39 is 28.9 Å². The summed E-state index contributed by atoms with van der Waals surface area (Å²) in [6.45, 7) is 8.75. The number of hydrogen-bond donors (Lipinski definition) is 2. The van der Waals surface area contributed by atoms with Crippen LogP contribution in [0.25, 0.3) is 0 Å². The van der Waals surface area contributed by atoms with Crippen LogP contribution in [0.3, 0.4) is 0 Å². The minimum atomic E-state index is -1.89. The Morgan fingerprint density at radius 1 is 1.16 bits per heavy atom. The molecule has 0 bridgehead atoms. The molecule has 2 aliphatic heterocycles. The van der Waals surface area contributed by atoms with Gasteiger partial charge in [0.25, 0.3) is 0 Å². The molecule has 0 radical (unpaired) electrons. The number of rotatable bonds is 5. The first-order valence-corrected chi connectivity index (χ1v) is 10.2. The van der Waals surface area contributed by atoms with Gasteiger partial charge < -0.3 is 25.3 Å². The zero-order valence-electron chi connectivity index (χ0n) is 18.5. The Bertz CT molecular complexity index is 1000. The number of benzene rings is 1. The second kappa shape index (κ2) is 8.09. The maximum Gasteiger partial charge on any atom is 0.339 e. The van der Waals surface area contributed by atoms with E-state index in [1.54, 1.807) is 45.0 Å². The molecule has 0 amide bonds. The predicted octanol–water partition coefficient (Wildman–Crippen LogP) is 3.04. The molecule has 1 atom stereocenters. The quantitative estimate of drug-likeness (QED) is 0.418. The van der Waals surface area contributed by atoms with E-state index >= 15 is 0 Å². The van der Waals surface area contributed by atoms with Crippen LogP contribution >= 0.6 is 0 Å². The van der Waals surface area contributed by atoms with E-state index in [4.69, 9.17) is 19.9 Å². The lowest BCUT2D eigenvalue weighted by Crippen LogP contribution is -2.48. The summed E-state index contributed by atoms with van der Waals surface area (Å²) < 4.78 is 16.4. The average Bonchev–Trinajstić information content (AvgIpc) is 2.91. The highest BCUT2D eigenvalue weighted by Crippen LogP contribution is 2.52. The molecule has 2 aliphatic rings. The standard InChI is InChI=1S/C23H28N2O6/c1-6-7-12-29-19(26)17-18(24)25-15-11-9-8-10-14(15)23(17)16(13(2)30-21(23)28)20(27)31-22(3,4)5/h8-11,25H,6-7,12,24H2,1-5H3. The normalized spacial score (nSPS) is 20.4. The summed E-state index contributed by atoms with van der Waals surface area (Å²) in [6.07, 6.45) is 1.46. The van der Waals surface area contributed by atoms with Crippen LogP contribution in [0, 0.1) is 0 Å². The van der Waals surface area contributed by atoms with Gasteiger partial charge in [0.1, 0.15) is 28.3 Å². The second-order valence-corrected chi connectivity index (χ2v) is 8.52. The molecule has 31 heavy (non-hydrogen) atoms. The largest absolute Gasteiger partial charge is 0.462 e. The number of nitrogens with two attached hydrogens (primary N) is 1. The van der Waals surface area contributed by atoms with Crippen molar-refractivity contribution < 1.29 is 28.6 Å². The first-order chi connectivity index (χ1) is 14.5. The van der Waals surface area contributed by atoms with Crippen molar-refractivity contribution in [3.63, 3.8) is 0 Å². The molecule has 0 aliphatic carbocycles. The third kappa shape index (κ3) is 3.78. The molecule has 1 spiro atoms. The molecule has 8 nitrogen and oxygen atoms in total. The highest BCUT2D eigenvalue weighted by Gasteiger charge is 2.63. The van der Waals surface area contributed by atoms with Crippen molar-refractivity contribution in [3.8, 4) is 0 Å². The van der Waals surface area contributed by atoms with Crippen molar-refractivity contribution in [1.29, 1.82) is 0 Å². The Labute approximate surface area is 181 Å². The van der Waals surface area contributed by atoms with Gasteiger partial charge in [-0.25, -0.2) is 14.4 Å². The van der Waals surface area contributed by atoms with Crippen molar-refractivity contribution >= 4 is 23.6 Å². The van der Waals surface area contributed by atoms with Crippen LogP contribution in [0.2, 0.25) is 0 Å². The lowest BCUT2D eigenvalue weighted by Gasteiger charge is -2.36. The molecule has 166 valence electrons. The number of nitrogens with one attached hydrogen (secondary N) is 1. The number of cyclic esters (lactones) is 1. The summed E-state index contributed by atoms with van der Waals surface area (Å²) in [5, 5.41) is 2.95. The van der Waals surface area contributed by atoms with Crippen molar-refractivity contribution in [2.45, 2.75) is 58.5 Å². The predicted molar refractivity (Wildman–Crippen MR) is 113 cm³/mol. The van der Waals surface area contributed by atoms with Gasteiger partial charge in [0, 0.05) is 11.3 Å². The van der Waals surface area contributed by atoms with Crippen LogP contribution in [0.1, 0.15) is 53.0 Å². The zero-order valence-corrected chi connectivity index (χ0v) is 18.5. The van der Waals surface area contributed by atoms with Crippen molar-refractivity contribution in [2.75, 3.05) is 11.9 Å². The fourth-order valence-electron chi connectivity index (χ4n) is 3.84. The van der Waals surface area contributed by atoms with E-state index in [2.05, 4.69) is 5.32 Å².